The summed E-state index contributed by atoms with van der Waals surface area (Å²) in [6, 6.07) is 7.97. The Balaban J connectivity index is 2.15. The summed E-state index contributed by atoms with van der Waals surface area (Å²) in [7, 11) is 0. The maximum atomic E-state index is 6.16. The molecule has 1 unspecified atom stereocenters. The Bertz CT molecular complexity index is 340. The summed E-state index contributed by atoms with van der Waals surface area (Å²) in [6.07, 6.45) is 0. The highest BCUT2D eigenvalue weighted by Crippen LogP contribution is 2.27. The zero-order valence-electron chi connectivity index (χ0n) is 9.20. The molecule has 3 heteroatoms. The van der Waals surface area contributed by atoms with Crippen LogP contribution >= 0.6 is 11.6 Å². The van der Waals surface area contributed by atoms with Crippen LogP contribution in [0.25, 0.3) is 0 Å². The molecule has 0 saturated carbocycles. The van der Waals surface area contributed by atoms with E-state index in [0.29, 0.717) is 5.92 Å². The SMILES string of the molecule is CC1CN(c2ccccc2Cl)NC[C@H]1C. The van der Waals surface area contributed by atoms with E-state index >= 15 is 0 Å². The largest absolute Gasteiger partial charge is 0.307 e. The molecule has 0 radical (unpaired) electrons. The average molecular weight is 225 g/mol. The van der Waals surface area contributed by atoms with Gasteiger partial charge in [0.25, 0.3) is 0 Å². The van der Waals surface area contributed by atoms with E-state index in [0.717, 1.165) is 29.7 Å². The van der Waals surface area contributed by atoms with E-state index in [9.17, 15) is 0 Å². The average Bonchev–Trinajstić information content (AvgIpc) is 2.23. The minimum Gasteiger partial charge on any atom is -0.307 e. The van der Waals surface area contributed by atoms with Crippen LogP contribution in [0.15, 0.2) is 24.3 Å². The molecular weight excluding hydrogens is 208 g/mol. The molecule has 2 rings (SSSR count). The first kappa shape index (κ1) is 10.8. The summed E-state index contributed by atoms with van der Waals surface area (Å²) in [5.74, 6) is 1.42. The van der Waals surface area contributed by atoms with E-state index in [1.165, 1.54) is 0 Å². The van der Waals surface area contributed by atoms with E-state index < -0.39 is 0 Å². The standard InChI is InChI=1S/C12H17ClN2/c1-9-7-14-15(8-10(9)2)12-6-4-3-5-11(12)13/h3-6,9-10,14H,7-8H2,1-2H3/t9-,10?/m1/s1. The highest BCUT2D eigenvalue weighted by atomic mass is 35.5. The predicted molar refractivity (Wildman–Crippen MR) is 65.1 cm³/mol. The lowest BCUT2D eigenvalue weighted by molar-refractivity contribution is 0.304. The molecule has 0 spiro atoms. The molecule has 1 fully saturated rings. The quantitative estimate of drug-likeness (QED) is 0.789. The second kappa shape index (κ2) is 4.42. The molecule has 1 aromatic carbocycles. The number of hydrogen-bond acceptors (Lipinski definition) is 2. The minimum atomic E-state index is 0.697. The third-order valence-electron chi connectivity index (χ3n) is 3.19. The van der Waals surface area contributed by atoms with Crippen molar-refractivity contribution in [3.05, 3.63) is 29.3 Å². The third-order valence-corrected chi connectivity index (χ3v) is 3.51. The van der Waals surface area contributed by atoms with Gasteiger partial charge in [0.1, 0.15) is 0 Å². The molecule has 2 nitrogen and oxygen atoms in total. The summed E-state index contributed by atoms with van der Waals surface area (Å²) in [6.45, 7) is 6.61. The number of hydrogen-bond donors (Lipinski definition) is 1. The number of benzene rings is 1. The maximum absolute atomic E-state index is 6.16. The lowest BCUT2D eigenvalue weighted by atomic mass is 9.94. The Hall–Kier alpha value is -0.730. The van der Waals surface area contributed by atoms with Crippen LogP contribution in [-0.4, -0.2) is 13.1 Å². The molecule has 1 aliphatic rings. The first-order valence-corrected chi connectivity index (χ1v) is 5.82. The fourth-order valence-corrected chi connectivity index (χ4v) is 2.08. The van der Waals surface area contributed by atoms with E-state index in [4.69, 9.17) is 11.6 Å². The first-order chi connectivity index (χ1) is 7.18. The van der Waals surface area contributed by atoms with Crippen molar-refractivity contribution in [2.75, 3.05) is 18.1 Å². The van der Waals surface area contributed by atoms with Gasteiger partial charge in [-0.2, -0.15) is 0 Å². The zero-order valence-corrected chi connectivity index (χ0v) is 9.96. The molecule has 0 aliphatic carbocycles. The van der Waals surface area contributed by atoms with Gasteiger partial charge in [0.2, 0.25) is 0 Å². The molecule has 1 aromatic rings. The first-order valence-electron chi connectivity index (χ1n) is 5.44. The summed E-state index contributed by atoms with van der Waals surface area (Å²) < 4.78 is 0. The minimum absolute atomic E-state index is 0.697. The molecule has 0 bridgehead atoms. The third kappa shape index (κ3) is 2.27. The molecule has 0 aromatic heterocycles. The second-order valence-corrected chi connectivity index (χ2v) is 4.79. The van der Waals surface area contributed by atoms with Crippen LogP contribution in [-0.2, 0) is 0 Å². The van der Waals surface area contributed by atoms with Crippen molar-refractivity contribution in [1.29, 1.82) is 0 Å². The Morgan fingerprint density at radius 3 is 2.67 bits per heavy atom. The van der Waals surface area contributed by atoms with Gasteiger partial charge in [-0.05, 0) is 24.0 Å². The zero-order chi connectivity index (χ0) is 10.8. The number of nitrogens with one attached hydrogen (secondary N) is 1. The van der Waals surface area contributed by atoms with E-state index in [-0.39, 0.29) is 0 Å². The van der Waals surface area contributed by atoms with Crippen LogP contribution in [0, 0.1) is 11.8 Å². The molecule has 0 amide bonds. The number of nitrogens with zero attached hydrogens (tertiary/aromatic N) is 1. The van der Waals surface area contributed by atoms with Crippen molar-refractivity contribution < 1.29 is 0 Å². The van der Waals surface area contributed by atoms with Crippen molar-refractivity contribution in [1.82, 2.24) is 5.43 Å². The summed E-state index contributed by atoms with van der Waals surface area (Å²) in [5, 5.41) is 2.97. The van der Waals surface area contributed by atoms with Crippen molar-refractivity contribution in [3.63, 3.8) is 0 Å². The van der Waals surface area contributed by atoms with Gasteiger partial charge in [-0.15, -0.1) is 0 Å². The summed E-state index contributed by atoms with van der Waals surface area (Å²) in [5.41, 5.74) is 4.49. The van der Waals surface area contributed by atoms with Crippen molar-refractivity contribution in [3.8, 4) is 0 Å². The van der Waals surface area contributed by atoms with E-state index in [1.54, 1.807) is 0 Å². The highest BCUT2D eigenvalue weighted by molar-refractivity contribution is 6.33. The molecule has 1 N–H and O–H groups in total. The number of halogens is 1. The van der Waals surface area contributed by atoms with Crippen LogP contribution in [0.2, 0.25) is 5.02 Å². The highest BCUT2D eigenvalue weighted by Gasteiger charge is 2.23. The number of hydrazine groups is 1. The van der Waals surface area contributed by atoms with Crippen molar-refractivity contribution in [2.45, 2.75) is 13.8 Å². The summed E-state index contributed by atoms with van der Waals surface area (Å²) in [4.78, 5) is 0. The van der Waals surface area contributed by atoms with Crippen LogP contribution in [0.3, 0.4) is 0 Å². The number of anilines is 1. The molecule has 1 heterocycles. The van der Waals surface area contributed by atoms with Crippen LogP contribution in [0.5, 0.6) is 0 Å². The summed E-state index contributed by atoms with van der Waals surface area (Å²) >= 11 is 6.16. The lowest BCUT2D eigenvalue weighted by Gasteiger charge is -2.37. The molecular formula is C12H17ClN2. The van der Waals surface area contributed by atoms with E-state index in [2.05, 4.69) is 30.3 Å². The van der Waals surface area contributed by atoms with Gasteiger partial charge in [0.15, 0.2) is 0 Å². The predicted octanol–water partition coefficient (Wildman–Crippen LogP) is 2.94. The Labute approximate surface area is 96.2 Å². The Morgan fingerprint density at radius 2 is 2.00 bits per heavy atom. The fraction of sp³-hybridized carbons (Fsp3) is 0.500. The van der Waals surface area contributed by atoms with Gasteiger partial charge in [0, 0.05) is 13.1 Å². The van der Waals surface area contributed by atoms with Gasteiger partial charge in [-0.1, -0.05) is 37.6 Å². The van der Waals surface area contributed by atoms with Gasteiger partial charge in [-0.3, -0.25) is 0 Å². The Morgan fingerprint density at radius 1 is 1.27 bits per heavy atom. The van der Waals surface area contributed by atoms with Gasteiger partial charge < -0.3 is 5.01 Å². The smallest absolute Gasteiger partial charge is 0.0706 e. The lowest BCUT2D eigenvalue weighted by Crippen LogP contribution is -2.50. The number of para-hydroxylation sites is 1. The molecule has 2 atom stereocenters. The van der Waals surface area contributed by atoms with Crippen molar-refractivity contribution in [2.24, 2.45) is 11.8 Å². The molecule has 1 saturated heterocycles. The molecule has 82 valence electrons. The van der Waals surface area contributed by atoms with Gasteiger partial charge in [0.05, 0.1) is 10.7 Å². The van der Waals surface area contributed by atoms with Crippen LogP contribution in [0.4, 0.5) is 5.69 Å². The topological polar surface area (TPSA) is 15.3 Å². The molecule has 1 aliphatic heterocycles. The second-order valence-electron chi connectivity index (χ2n) is 4.38. The number of rotatable bonds is 1. The van der Waals surface area contributed by atoms with Gasteiger partial charge >= 0.3 is 0 Å². The van der Waals surface area contributed by atoms with Crippen LogP contribution in [0.1, 0.15) is 13.8 Å². The van der Waals surface area contributed by atoms with Crippen molar-refractivity contribution >= 4 is 17.3 Å². The maximum Gasteiger partial charge on any atom is 0.0706 e. The monoisotopic (exact) mass is 224 g/mol. The molecule has 15 heavy (non-hydrogen) atoms. The van der Waals surface area contributed by atoms with E-state index in [1.807, 2.05) is 18.2 Å². The fourth-order valence-electron chi connectivity index (χ4n) is 1.84. The van der Waals surface area contributed by atoms with Crippen LogP contribution < -0.4 is 10.4 Å². The Kier molecular flexibility index (Phi) is 3.17. The normalized spacial score (nSPS) is 26.7. The van der Waals surface area contributed by atoms with Gasteiger partial charge in [-0.25, -0.2) is 5.43 Å².